The minimum Gasteiger partial charge on any atom is -0.316 e. The highest BCUT2D eigenvalue weighted by Crippen LogP contribution is 2.26. The van der Waals surface area contributed by atoms with E-state index in [4.69, 9.17) is 0 Å². The molecule has 0 unspecified atom stereocenters. The summed E-state index contributed by atoms with van der Waals surface area (Å²) in [7, 11) is 0. The van der Waals surface area contributed by atoms with Gasteiger partial charge in [0.15, 0.2) is 0 Å². The van der Waals surface area contributed by atoms with E-state index in [0.717, 1.165) is 5.69 Å². The smallest absolute Gasteiger partial charge is 0.287 e. The van der Waals surface area contributed by atoms with Gasteiger partial charge in [0.05, 0.1) is 5.69 Å². The van der Waals surface area contributed by atoms with Gasteiger partial charge in [0, 0.05) is 5.41 Å². The molecule has 1 aromatic heterocycles. The van der Waals surface area contributed by atoms with E-state index in [2.05, 4.69) is 25.9 Å². The van der Waals surface area contributed by atoms with Crippen molar-refractivity contribution < 1.29 is 4.39 Å². The average Bonchev–Trinajstić information content (AvgIpc) is 2.08. The summed E-state index contributed by atoms with van der Waals surface area (Å²) in [6.45, 7) is 5.97. The van der Waals surface area contributed by atoms with E-state index in [-0.39, 0.29) is 5.41 Å². The minimum atomic E-state index is -0.540. The molecular formula is C7H10BrFN2. The van der Waals surface area contributed by atoms with Crippen LogP contribution in [0.5, 0.6) is 0 Å². The van der Waals surface area contributed by atoms with Crippen LogP contribution in [0.3, 0.4) is 0 Å². The first-order valence-corrected chi connectivity index (χ1v) is 4.12. The van der Waals surface area contributed by atoms with Crippen LogP contribution in [0.15, 0.2) is 4.60 Å². The number of hydrogen-bond donors (Lipinski definition) is 1. The van der Waals surface area contributed by atoms with Crippen LogP contribution in [0.1, 0.15) is 26.5 Å². The van der Waals surface area contributed by atoms with Gasteiger partial charge in [-0.3, -0.25) is 0 Å². The highest BCUT2D eigenvalue weighted by atomic mass is 79.9. The molecule has 0 spiro atoms. The van der Waals surface area contributed by atoms with Crippen molar-refractivity contribution in [2.24, 2.45) is 0 Å². The first kappa shape index (κ1) is 8.71. The zero-order chi connectivity index (χ0) is 8.65. The van der Waals surface area contributed by atoms with E-state index in [1.54, 1.807) is 0 Å². The van der Waals surface area contributed by atoms with Crippen molar-refractivity contribution in [3.63, 3.8) is 0 Å². The molecule has 0 aromatic carbocycles. The second-order valence-electron chi connectivity index (χ2n) is 3.44. The Kier molecular flexibility index (Phi) is 2.05. The van der Waals surface area contributed by atoms with Crippen molar-refractivity contribution >= 4 is 15.9 Å². The summed E-state index contributed by atoms with van der Waals surface area (Å²) >= 11 is 3.17. The Balaban J connectivity index is 3.13. The van der Waals surface area contributed by atoms with Gasteiger partial charge >= 0.3 is 0 Å². The van der Waals surface area contributed by atoms with Crippen molar-refractivity contribution in [1.29, 1.82) is 0 Å². The van der Waals surface area contributed by atoms with Crippen molar-refractivity contribution in [2.75, 3.05) is 0 Å². The molecule has 0 aliphatic rings. The summed E-state index contributed by atoms with van der Waals surface area (Å²) in [6, 6.07) is 0. The average molecular weight is 221 g/mol. The van der Waals surface area contributed by atoms with Gasteiger partial charge in [0.1, 0.15) is 4.60 Å². The Morgan fingerprint density at radius 2 is 2.00 bits per heavy atom. The third-order valence-electron chi connectivity index (χ3n) is 1.38. The number of rotatable bonds is 0. The fourth-order valence-electron chi connectivity index (χ4n) is 0.822. The Hall–Kier alpha value is -0.380. The quantitative estimate of drug-likeness (QED) is 0.716. The van der Waals surface area contributed by atoms with Gasteiger partial charge in [-0.15, -0.1) is 0 Å². The molecule has 1 N–H and O–H groups in total. The van der Waals surface area contributed by atoms with Gasteiger partial charge in [0.25, 0.3) is 6.08 Å². The number of halogens is 2. The molecule has 0 aliphatic carbocycles. The van der Waals surface area contributed by atoms with Crippen molar-refractivity contribution in [2.45, 2.75) is 26.2 Å². The molecule has 0 atom stereocenters. The van der Waals surface area contributed by atoms with Gasteiger partial charge in [-0.1, -0.05) is 20.8 Å². The van der Waals surface area contributed by atoms with Crippen molar-refractivity contribution in [1.82, 2.24) is 9.97 Å². The molecule has 62 valence electrons. The number of aromatic nitrogens is 2. The van der Waals surface area contributed by atoms with Crippen LogP contribution >= 0.6 is 15.9 Å². The van der Waals surface area contributed by atoms with E-state index in [9.17, 15) is 4.39 Å². The van der Waals surface area contributed by atoms with E-state index in [1.165, 1.54) is 0 Å². The Morgan fingerprint density at radius 3 is 2.18 bits per heavy atom. The van der Waals surface area contributed by atoms with Crippen LogP contribution in [0, 0.1) is 6.08 Å². The molecule has 11 heavy (non-hydrogen) atoms. The molecule has 0 bridgehead atoms. The largest absolute Gasteiger partial charge is 0.316 e. The second kappa shape index (κ2) is 2.59. The van der Waals surface area contributed by atoms with Crippen LogP contribution in [-0.4, -0.2) is 9.97 Å². The molecule has 0 fully saturated rings. The van der Waals surface area contributed by atoms with E-state index in [0.29, 0.717) is 4.60 Å². The van der Waals surface area contributed by atoms with Gasteiger partial charge in [-0.25, -0.2) is 0 Å². The fraction of sp³-hybridized carbons (Fsp3) is 0.571. The third-order valence-corrected chi connectivity index (χ3v) is 1.95. The Labute approximate surface area is 73.4 Å². The predicted octanol–water partition coefficient (Wildman–Crippen LogP) is 2.61. The number of H-pyrrole nitrogens is 1. The normalized spacial score (nSPS) is 12.1. The molecule has 1 aromatic rings. The van der Waals surface area contributed by atoms with E-state index < -0.39 is 6.08 Å². The van der Waals surface area contributed by atoms with E-state index in [1.807, 2.05) is 20.8 Å². The van der Waals surface area contributed by atoms with Crippen LogP contribution < -0.4 is 0 Å². The van der Waals surface area contributed by atoms with Crippen LogP contribution in [-0.2, 0) is 5.41 Å². The number of aromatic amines is 1. The molecule has 0 amide bonds. The van der Waals surface area contributed by atoms with Gasteiger partial charge in [-0.2, -0.15) is 9.37 Å². The fourth-order valence-corrected chi connectivity index (χ4v) is 1.67. The molecule has 0 saturated carbocycles. The lowest BCUT2D eigenvalue weighted by Crippen LogP contribution is -2.12. The molecule has 4 heteroatoms. The Bertz CT molecular complexity index is 262. The van der Waals surface area contributed by atoms with Crippen LogP contribution in [0.25, 0.3) is 0 Å². The first-order valence-electron chi connectivity index (χ1n) is 3.33. The predicted molar refractivity (Wildman–Crippen MR) is 44.9 cm³/mol. The highest BCUT2D eigenvalue weighted by molar-refractivity contribution is 9.10. The second-order valence-corrected chi connectivity index (χ2v) is 4.19. The lowest BCUT2D eigenvalue weighted by atomic mass is 9.93. The lowest BCUT2D eigenvalue weighted by molar-refractivity contribution is 0.525. The summed E-state index contributed by atoms with van der Waals surface area (Å²) in [5.74, 6) is 0. The summed E-state index contributed by atoms with van der Waals surface area (Å²) in [5, 5.41) is 0. The van der Waals surface area contributed by atoms with Gasteiger partial charge in [0.2, 0.25) is 0 Å². The number of nitrogens with zero attached hydrogens (tertiary/aromatic N) is 1. The Morgan fingerprint density at radius 1 is 1.45 bits per heavy atom. The molecular weight excluding hydrogens is 211 g/mol. The summed E-state index contributed by atoms with van der Waals surface area (Å²) in [4.78, 5) is 6.13. The molecule has 0 aliphatic heterocycles. The standard InChI is InChI=1S/C7H10BrFN2/c1-7(2,3)4-5(8)11-6(9)10-4/h1-3H3,(H,10,11). The summed E-state index contributed by atoms with van der Waals surface area (Å²) in [6.07, 6.45) is -0.540. The lowest BCUT2D eigenvalue weighted by Gasteiger charge is -2.15. The zero-order valence-corrected chi connectivity index (χ0v) is 8.29. The zero-order valence-electron chi connectivity index (χ0n) is 6.70. The summed E-state index contributed by atoms with van der Waals surface area (Å²) < 4.78 is 13.1. The van der Waals surface area contributed by atoms with Crippen molar-refractivity contribution in [3.05, 3.63) is 16.4 Å². The molecule has 0 radical (unpaired) electrons. The third kappa shape index (κ3) is 1.80. The number of hydrogen-bond acceptors (Lipinski definition) is 1. The van der Waals surface area contributed by atoms with Crippen molar-refractivity contribution in [3.8, 4) is 0 Å². The monoisotopic (exact) mass is 220 g/mol. The minimum absolute atomic E-state index is 0.101. The SMILES string of the molecule is CC(C)(C)c1[nH]c(F)nc1Br. The number of imidazole rings is 1. The molecule has 1 rings (SSSR count). The van der Waals surface area contributed by atoms with Crippen LogP contribution in [0.2, 0.25) is 0 Å². The topological polar surface area (TPSA) is 28.7 Å². The van der Waals surface area contributed by atoms with Gasteiger partial charge in [-0.05, 0) is 15.9 Å². The highest BCUT2D eigenvalue weighted by Gasteiger charge is 2.20. The van der Waals surface area contributed by atoms with Crippen LogP contribution in [0.4, 0.5) is 4.39 Å². The maximum absolute atomic E-state index is 12.5. The molecule has 2 nitrogen and oxygen atoms in total. The molecule has 0 saturated heterocycles. The summed E-state index contributed by atoms with van der Waals surface area (Å²) in [5.41, 5.74) is 0.686. The number of nitrogens with one attached hydrogen (secondary N) is 1. The van der Waals surface area contributed by atoms with Gasteiger partial charge < -0.3 is 4.98 Å². The maximum Gasteiger partial charge on any atom is 0.287 e. The molecule has 1 heterocycles. The van der Waals surface area contributed by atoms with E-state index >= 15 is 0 Å². The first-order chi connectivity index (χ1) is 4.91. The maximum atomic E-state index is 12.5.